The fourth-order valence-electron chi connectivity index (χ4n) is 3.61. The standard InChI is InChI=1S/C23H22N4O4S/c1-13-5-6-14(2)16(9-13)24-20(28)12-27-21(29)19(32-23(27)31)11-15-7-8-17-18(10-15)26(4)22(30)25(17)3/h5-11H,12H2,1-4H3,(H,24,28)/b19-11+. The van der Waals surface area contributed by atoms with Gasteiger partial charge in [-0.2, -0.15) is 0 Å². The van der Waals surface area contributed by atoms with Crippen molar-refractivity contribution >= 4 is 51.6 Å². The highest BCUT2D eigenvalue weighted by atomic mass is 32.2. The van der Waals surface area contributed by atoms with Crippen LogP contribution in [0.3, 0.4) is 0 Å². The number of hydrogen-bond donors (Lipinski definition) is 1. The normalized spacial score (nSPS) is 15.2. The maximum atomic E-state index is 12.8. The number of amides is 3. The second-order valence-corrected chi connectivity index (χ2v) is 8.78. The van der Waals surface area contributed by atoms with Crippen LogP contribution in [0, 0.1) is 13.8 Å². The second-order valence-electron chi connectivity index (χ2n) is 7.78. The zero-order valence-electron chi connectivity index (χ0n) is 18.1. The van der Waals surface area contributed by atoms with E-state index in [-0.39, 0.29) is 17.1 Å². The Morgan fingerprint density at radius 1 is 1.00 bits per heavy atom. The van der Waals surface area contributed by atoms with Crippen molar-refractivity contribution in [2.75, 3.05) is 11.9 Å². The third kappa shape index (κ3) is 3.87. The topological polar surface area (TPSA) is 93.4 Å². The summed E-state index contributed by atoms with van der Waals surface area (Å²) < 4.78 is 3.07. The number of aryl methyl sites for hydroxylation is 4. The number of benzene rings is 2. The fraction of sp³-hybridized carbons (Fsp3) is 0.217. The average Bonchev–Trinajstić information content (AvgIpc) is 3.13. The van der Waals surface area contributed by atoms with Crippen LogP contribution in [-0.4, -0.2) is 37.6 Å². The molecule has 1 saturated heterocycles. The molecule has 2 aromatic carbocycles. The molecule has 9 heteroatoms. The van der Waals surface area contributed by atoms with Crippen molar-refractivity contribution in [2.45, 2.75) is 13.8 Å². The SMILES string of the molecule is Cc1ccc(C)c(NC(=O)CN2C(=O)S/C(=C/c3ccc4c(c3)n(C)c(=O)n4C)C2=O)c1. The molecule has 32 heavy (non-hydrogen) atoms. The van der Waals surface area contributed by atoms with Crippen molar-refractivity contribution in [1.82, 2.24) is 14.0 Å². The monoisotopic (exact) mass is 450 g/mol. The van der Waals surface area contributed by atoms with E-state index in [0.29, 0.717) is 11.3 Å². The minimum Gasteiger partial charge on any atom is -0.324 e. The molecule has 1 fully saturated rings. The molecule has 0 radical (unpaired) electrons. The van der Waals surface area contributed by atoms with Crippen molar-refractivity contribution in [3.05, 3.63) is 68.5 Å². The third-order valence-corrected chi connectivity index (χ3v) is 6.34. The molecule has 0 atom stereocenters. The first-order valence-corrected chi connectivity index (χ1v) is 10.8. The van der Waals surface area contributed by atoms with Crippen molar-refractivity contribution in [2.24, 2.45) is 14.1 Å². The molecular formula is C23H22N4O4S. The Kier molecular flexibility index (Phi) is 5.52. The van der Waals surface area contributed by atoms with E-state index < -0.39 is 17.1 Å². The van der Waals surface area contributed by atoms with Crippen LogP contribution in [0.25, 0.3) is 17.1 Å². The lowest BCUT2D eigenvalue weighted by molar-refractivity contribution is -0.127. The Labute approximate surface area is 188 Å². The van der Waals surface area contributed by atoms with Gasteiger partial charge in [0, 0.05) is 19.8 Å². The first-order valence-electron chi connectivity index (χ1n) is 9.93. The molecule has 1 aliphatic rings. The van der Waals surface area contributed by atoms with Gasteiger partial charge in [0.05, 0.1) is 15.9 Å². The molecule has 4 rings (SSSR count). The van der Waals surface area contributed by atoms with Crippen molar-refractivity contribution in [3.8, 4) is 0 Å². The average molecular weight is 451 g/mol. The second kappa shape index (κ2) is 8.16. The minimum atomic E-state index is -0.516. The van der Waals surface area contributed by atoms with Crippen LogP contribution < -0.4 is 11.0 Å². The summed E-state index contributed by atoms with van der Waals surface area (Å²) in [5.41, 5.74) is 4.57. The number of rotatable bonds is 4. The van der Waals surface area contributed by atoms with Crippen molar-refractivity contribution < 1.29 is 14.4 Å². The summed E-state index contributed by atoms with van der Waals surface area (Å²) in [7, 11) is 3.37. The Morgan fingerprint density at radius 3 is 2.47 bits per heavy atom. The minimum absolute atomic E-state index is 0.146. The van der Waals surface area contributed by atoms with Crippen LogP contribution in [0.1, 0.15) is 16.7 Å². The first kappa shape index (κ1) is 21.6. The lowest BCUT2D eigenvalue weighted by atomic mass is 10.1. The molecule has 3 aromatic rings. The lowest BCUT2D eigenvalue weighted by Crippen LogP contribution is -2.36. The van der Waals surface area contributed by atoms with Gasteiger partial charge in [0.15, 0.2) is 0 Å². The smallest absolute Gasteiger partial charge is 0.324 e. The van der Waals surface area contributed by atoms with Gasteiger partial charge >= 0.3 is 5.69 Å². The number of aromatic nitrogens is 2. The molecule has 0 aliphatic carbocycles. The summed E-state index contributed by atoms with van der Waals surface area (Å²) in [5.74, 6) is -0.957. The Balaban J connectivity index is 1.53. The van der Waals surface area contributed by atoms with E-state index in [2.05, 4.69) is 5.32 Å². The van der Waals surface area contributed by atoms with Gasteiger partial charge in [-0.25, -0.2) is 4.79 Å². The van der Waals surface area contributed by atoms with Gasteiger partial charge in [-0.3, -0.25) is 28.4 Å². The summed E-state index contributed by atoms with van der Waals surface area (Å²) in [4.78, 5) is 51.0. The summed E-state index contributed by atoms with van der Waals surface area (Å²) in [6.07, 6.45) is 1.60. The zero-order valence-corrected chi connectivity index (χ0v) is 18.9. The Hall–Kier alpha value is -3.59. The number of hydrogen-bond acceptors (Lipinski definition) is 5. The maximum absolute atomic E-state index is 12.8. The van der Waals surface area contributed by atoms with Crippen LogP contribution in [0.15, 0.2) is 46.1 Å². The molecule has 0 spiro atoms. The summed E-state index contributed by atoms with van der Waals surface area (Å²) in [5, 5.41) is 2.27. The predicted octanol–water partition coefficient (Wildman–Crippen LogP) is 3.17. The zero-order chi connectivity index (χ0) is 23.2. The molecule has 1 N–H and O–H groups in total. The number of imide groups is 1. The molecule has 3 amide bonds. The van der Waals surface area contributed by atoms with E-state index in [0.717, 1.165) is 38.8 Å². The van der Waals surface area contributed by atoms with Crippen LogP contribution >= 0.6 is 11.8 Å². The van der Waals surface area contributed by atoms with Crippen LogP contribution in [0.4, 0.5) is 10.5 Å². The van der Waals surface area contributed by atoms with Gasteiger partial charge < -0.3 is 5.32 Å². The van der Waals surface area contributed by atoms with Crippen molar-refractivity contribution in [3.63, 3.8) is 0 Å². The van der Waals surface area contributed by atoms with E-state index in [1.165, 1.54) is 4.57 Å². The Morgan fingerprint density at radius 2 is 1.72 bits per heavy atom. The lowest BCUT2D eigenvalue weighted by Gasteiger charge is -2.14. The van der Waals surface area contributed by atoms with E-state index in [1.807, 2.05) is 32.0 Å². The van der Waals surface area contributed by atoms with Gasteiger partial charge in [-0.15, -0.1) is 0 Å². The van der Waals surface area contributed by atoms with E-state index >= 15 is 0 Å². The highest BCUT2D eigenvalue weighted by Crippen LogP contribution is 2.32. The number of imidazole rings is 1. The Bertz CT molecular complexity index is 1380. The predicted molar refractivity (Wildman–Crippen MR) is 125 cm³/mol. The molecule has 0 unspecified atom stereocenters. The number of carbonyl (C=O) groups excluding carboxylic acids is 3. The highest BCUT2D eigenvalue weighted by molar-refractivity contribution is 8.18. The summed E-state index contributed by atoms with van der Waals surface area (Å²) in [6.45, 7) is 3.43. The first-order chi connectivity index (χ1) is 15.2. The van der Waals surface area contributed by atoms with Gasteiger partial charge in [0.1, 0.15) is 6.54 Å². The van der Waals surface area contributed by atoms with Crippen LogP contribution in [-0.2, 0) is 23.7 Å². The molecule has 1 aromatic heterocycles. The molecule has 0 bridgehead atoms. The van der Waals surface area contributed by atoms with Crippen molar-refractivity contribution in [1.29, 1.82) is 0 Å². The van der Waals surface area contributed by atoms with Gasteiger partial charge in [0.25, 0.3) is 11.1 Å². The van der Waals surface area contributed by atoms with E-state index in [1.54, 1.807) is 42.9 Å². The molecule has 164 valence electrons. The number of nitrogens with zero attached hydrogens (tertiary/aromatic N) is 3. The fourth-order valence-corrected chi connectivity index (χ4v) is 4.44. The highest BCUT2D eigenvalue weighted by Gasteiger charge is 2.36. The van der Waals surface area contributed by atoms with Gasteiger partial charge in [-0.05, 0) is 66.6 Å². The molecule has 2 heterocycles. The summed E-state index contributed by atoms with van der Waals surface area (Å²) >= 11 is 0.793. The number of nitrogens with one attached hydrogen (secondary N) is 1. The molecule has 0 saturated carbocycles. The molecule has 1 aliphatic heterocycles. The van der Waals surface area contributed by atoms with Gasteiger partial charge in [0.2, 0.25) is 5.91 Å². The largest absolute Gasteiger partial charge is 0.328 e. The number of thioether (sulfide) groups is 1. The summed E-state index contributed by atoms with van der Waals surface area (Å²) in [6, 6.07) is 11.0. The number of anilines is 1. The van der Waals surface area contributed by atoms with Crippen LogP contribution in [0.5, 0.6) is 0 Å². The quantitative estimate of drug-likeness (QED) is 0.617. The van der Waals surface area contributed by atoms with E-state index in [4.69, 9.17) is 0 Å². The maximum Gasteiger partial charge on any atom is 0.328 e. The molecular weight excluding hydrogens is 428 g/mol. The van der Waals surface area contributed by atoms with Crippen LogP contribution in [0.2, 0.25) is 0 Å². The third-order valence-electron chi connectivity index (χ3n) is 5.44. The van der Waals surface area contributed by atoms with Gasteiger partial charge in [-0.1, -0.05) is 18.2 Å². The number of fused-ring (bicyclic) bond motifs is 1. The van der Waals surface area contributed by atoms with E-state index in [9.17, 15) is 19.2 Å². The molecule has 8 nitrogen and oxygen atoms in total. The number of carbonyl (C=O) groups is 3.